The van der Waals surface area contributed by atoms with Crippen molar-refractivity contribution in [1.82, 2.24) is 19.7 Å². The number of amides is 1. The van der Waals surface area contributed by atoms with E-state index in [2.05, 4.69) is 15.4 Å². The second kappa shape index (κ2) is 6.21. The summed E-state index contributed by atoms with van der Waals surface area (Å²) in [6.45, 7) is 2.63. The lowest BCUT2D eigenvalue weighted by atomic mass is 10.3. The van der Waals surface area contributed by atoms with Gasteiger partial charge in [-0.1, -0.05) is 5.16 Å². The molecule has 3 rings (SSSR count). The Kier molecular flexibility index (Phi) is 4.43. The topological polar surface area (TPSA) is 95.8 Å². The molecular formula is C14H22N4O4S. The lowest BCUT2D eigenvalue weighted by Gasteiger charge is -2.18. The first-order valence-corrected chi connectivity index (χ1v) is 9.29. The van der Waals surface area contributed by atoms with Crippen molar-refractivity contribution in [2.75, 3.05) is 32.9 Å². The SMILES string of the molecule is CN(C)S(=O)(=O)CCC(=O)NC1[C@H]2CN(Cc3ccon3)C[C@@H]12. The van der Waals surface area contributed by atoms with Gasteiger partial charge in [0, 0.05) is 52.3 Å². The smallest absolute Gasteiger partial charge is 0.221 e. The average molecular weight is 342 g/mol. The molecule has 128 valence electrons. The maximum Gasteiger partial charge on any atom is 0.221 e. The molecule has 1 aliphatic carbocycles. The molecule has 1 saturated heterocycles. The molecule has 0 aromatic carbocycles. The van der Waals surface area contributed by atoms with Gasteiger partial charge < -0.3 is 9.84 Å². The van der Waals surface area contributed by atoms with Gasteiger partial charge in [-0.3, -0.25) is 9.69 Å². The third-order valence-corrected chi connectivity index (χ3v) is 6.45. The van der Waals surface area contributed by atoms with Crippen LogP contribution in [0.5, 0.6) is 0 Å². The minimum atomic E-state index is -3.32. The molecule has 3 atom stereocenters. The zero-order valence-corrected chi connectivity index (χ0v) is 14.1. The summed E-state index contributed by atoms with van der Waals surface area (Å²) in [7, 11) is -0.368. The number of fused-ring (bicyclic) bond motifs is 1. The van der Waals surface area contributed by atoms with E-state index in [-0.39, 0.29) is 24.1 Å². The second-order valence-electron chi connectivity index (χ2n) is 6.45. The Balaban J connectivity index is 1.39. The van der Waals surface area contributed by atoms with Gasteiger partial charge in [0.1, 0.15) is 6.26 Å². The van der Waals surface area contributed by atoms with E-state index in [1.54, 1.807) is 6.26 Å². The van der Waals surface area contributed by atoms with Crippen LogP contribution in [-0.4, -0.2) is 67.7 Å². The van der Waals surface area contributed by atoms with Crippen molar-refractivity contribution in [3.05, 3.63) is 18.0 Å². The third-order valence-electron chi connectivity index (χ3n) is 4.62. The summed E-state index contributed by atoms with van der Waals surface area (Å²) in [5, 5.41) is 6.87. The summed E-state index contributed by atoms with van der Waals surface area (Å²) in [6.07, 6.45) is 1.58. The molecular weight excluding hydrogens is 320 g/mol. The van der Waals surface area contributed by atoms with E-state index >= 15 is 0 Å². The van der Waals surface area contributed by atoms with Gasteiger partial charge >= 0.3 is 0 Å². The Bertz CT molecular complexity index is 646. The van der Waals surface area contributed by atoms with E-state index in [9.17, 15) is 13.2 Å². The van der Waals surface area contributed by atoms with Crippen LogP contribution >= 0.6 is 0 Å². The van der Waals surface area contributed by atoms with Crippen LogP contribution in [-0.2, 0) is 21.4 Å². The van der Waals surface area contributed by atoms with Gasteiger partial charge in [0.15, 0.2) is 0 Å². The molecule has 1 aromatic heterocycles. The van der Waals surface area contributed by atoms with Crippen molar-refractivity contribution in [2.24, 2.45) is 11.8 Å². The number of carbonyl (C=O) groups is 1. The zero-order valence-electron chi connectivity index (χ0n) is 13.3. The van der Waals surface area contributed by atoms with Crippen LogP contribution in [0.15, 0.2) is 16.9 Å². The molecule has 1 amide bonds. The van der Waals surface area contributed by atoms with Crippen molar-refractivity contribution < 1.29 is 17.7 Å². The Morgan fingerprint density at radius 3 is 2.70 bits per heavy atom. The number of likely N-dealkylation sites (tertiary alicyclic amines) is 1. The molecule has 9 heteroatoms. The number of carbonyl (C=O) groups excluding carboxylic acids is 1. The largest absolute Gasteiger partial charge is 0.364 e. The number of nitrogens with zero attached hydrogens (tertiary/aromatic N) is 3. The predicted molar refractivity (Wildman–Crippen MR) is 82.8 cm³/mol. The molecule has 1 saturated carbocycles. The molecule has 23 heavy (non-hydrogen) atoms. The zero-order chi connectivity index (χ0) is 16.6. The molecule has 0 radical (unpaired) electrons. The van der Waals surface area contributed by atoms with Crippen molar-refractivity contribution in [3.63, 3.8) is 0 Å². The van der Waals surface area contributed by atoms with Crippen LogP contribution in [0, 0.1) is 11.8 Å². The lowest BCUT2D eigenvalue weighted by molar-refractivity contribution is -0.121. The van der Waals surface area contributed by atoms with Gasteiger partial charge in [0.2, 0.25) is 15.9 Å². The van der Waals surface area contributed by atoms with Gasteiger partial charge in [0.05, 0.1) is 11.4 Å². The van der Waals surface area contributed by atoms with Gasteiger partial charge in [-0.25, -0.2) is 12.7 Å². The minimum absolute atomic E-state index is 0.0130. The fourth-order valence-electron chi connectivity index (χ4n) is 3.17. The van der Waals surface area contributed by atoms with E-state index in [0.717, 1.165) is 29.6 Å². The molecule has 0 spiro atoms. The standard InChI is InChI=1S/C14H22N4O4S/c1-17(2)23(20,21)6-4-13(19)15-14-11-8-18(9-12(11)14)7-10-3-5-22-16-10/h3,5,11-12,14H,4,6-9H2,1-2H3,(H,15,19)/t11-,12+,14?. The number of rotatable bonds is 7. The summed E-state index contributed by atoms with van der Waals surface area (Å²) >= 11 is 0. The Morgan fingerprint density at radius 2 is 2.13 bits per heavy atom. The highest BCUT2D eigenvalue weighted by Crippen LogP contribution is 2.45. The normalized spacial score (nSPS) is 27.2. The van der Waals surface area contributed by atoms with E-state index in [0.29, 0.717) is 11.8 Å². The Morgan fingerprint density at radius 1 is 1.43 bits per heavy atom. The van der Waals surface area contributed by atoms with Crippen LogP contribution in [0.4, 0.5) is 0 Å². The Hall–Kier alpha value is -1.45. The highest BCUT2D eigenvalue weighted by atomic mass is 32.2. The maximum absolute atomic E-state index is 11.9. The number of piperidine rings is 1. The van der Waals surface area contributed by atoms with Crippen LogP contribution < -0.4 is 5.32 Å². The number of aromatic nitrogens is 1. The lowest BCUT2D eigenvalue weighted by Crippen LogP contribution is -2.36. The van der Waals surface area contributed by atoms with Crippen molar-refractivity contribution in [1.29, 1.82) is 0 Å². The molecule has 2 aliphatic rings. The quantitative estimate of drug-likeness (QED) is 0.718. The molecule has 2 fully saturated rings. The van der Waals surface area contributed by atoms with Gasteiger partial charge in [-0.05, 0) is 11.8 Å². The van der Waals surface area contributed by atoms with E-state index < -0.39 is 10.0 Å². The maximum atomic E-state index is 11.9. The van der Waals surface area contributed by atoms with Gasteiger partial charge in [-0.2, -0.15) is 0 Å². The molecule has 1 unspecified atom stereocenters. The van der Waals surface area contributed by atoms with Crippen LogP contribution in [0.25, 0.3) is 0 Å². The molecule has 2 heterocycles. The summed E-state index contributed by atoms with van der Waals surface area (Å²) in [5.74, 6) is 0.608. The number of nitrogens with one attached hydrogen (secondary N) is 1. The van der Waals surface area contributed by atoms with Crippen molar-refractivity contribution in [3.8, 4) is 0 Å². The molecule has 1 aliphatic heterocycles. The molecule has 1 N–H and O–H groups in total. The summed E-state index contributed by atoms with van der Waals surface area (Å²) in [4.78, 5) is 14.2. The minimum Gasteiger partial charge on any atom is -0.364 e. The predicted octanol–water partition coefficient (Wildman–Crippen LogP) is -0.497. The average Bonchev–Trinajstić information content (AvgIpc) is 2.92. The molecule has 1 aromatic rings. The van der Waals surface area contributed by atoms with Crippen molar-refractivity contribution in [2.45, 2.75) is 19.0 Å². The first-order valence-electron chi connectivity index (χ1n) is 7.68. The van der Waals surface area contributed by atoms with Crippen LogP contribution in [0.2, 0.25) is 0 Å². The number of sulfonamides is 1. The first kappa shape index (κ1) is 16.4. The monoisotopic (exact) mass is 342 g/mol. The van der Waals surface area contributed by atoms with E-state index in [1.165, 1.54) is 14.1 Å². The fraction of sp³-hybridized carbons (Fsp3) is 0.714. The van der Waals surface area contributed by atoms with Crippen molar-refractivity contribution >= 4 is 15.9 Å². The number of hydrogen-bond acceptors (Lipinski definition) is 6. The summed E-state index contributed by atoms with van der Waals surface area (Å²) < 4.78 is 29.3. The van der Waals surface area contributed by atoms with Gasteiger partial charge in [0.25, 0.3) is 0 Å². The van der Waals surface area contributed by atoms with Gasteiger partial charge in [-0.15, -0.1) is 0 Å². The number of hydrogen-bond donors (Lipinski definition) is 1. The highest BCUT2D eigenvalue weighted by Gasteiger charge is 2.56. The summed E-state index contributed by atoms with van der Waals surface area (Å²) in [6, 6.07) is 2.05. The highest BCUT2D eigenvalue weighted by molar-refractivity contribution is 7.89. The molecule has 8 nitrogen and oxygen atoms in total. The summed E-state index contributed by atoms with van der Waals surface area (Å²) in [5.41, 5.74) is 0.917. The third kappa shape index (κ3) is 3.73. The first-order chi connectivity index (χ1) is 10.9. The second-order valence-corrected chi connectivity index (χ2v) is 8.76. The van der Waals surface area contributed by atoms with Crippen LogP contribution in [0.1, 0.15) is 12.1 Å². The fourth-order valence-corrected chi connectivity index (χ4v) is 3.98. The van der Waals surface area contributed by atoms with E-state index in [1.807, 2.05) is 6.07 Å². The molecule has 0 bridgehead atoms. The van der Waals surface area contributed by atoms with Crippen LogP contribution in [0.3, 0.4) is 0 Å². The van der Waals surface area contributed by atoms with E-state index in [4.69, 9.17) is 4.52 Å². The Labute approximate surface area is 135 Å².